The number of benzene rings is 1. The maximum Gasteiger partial charge on any atom is 0.243 e. The Kier molecular flexibility index (Phi) is 6.37. The first-order chi connectivity index (χ1) is 9.79. The van der Waals surface area contributed by atoms with Crippen molar-refractivity contribution in [1.82, 2.24) is 9.62 Å². The largest absolute Gasteiger partial charge is 0.326 e. The third-order valence-electron chi connectivity index (χ3n) is 3.34. The SMILES string of the molecule is CC(=O)Nc1ccc(S(=O)(=O)N2CC(C)NC(C)C2)cc1.Cl. The average molecular weight is 348 g/mol. The molecule has 8 heteroatoms. The number of carbonyl (C=O) groups is 1. The summed E-state index contributed by atoms with van der Waals surface area (Å²) in [6.07, 6.45) is 0. The Balaban J connectivity index is 0.00000242. The van der Waals surface area contributed by atoms with Crippen molar-refractivity contribution in [2.45, 2.75) is 37.8 Å². The van der Waals surface area contributed by atoms with Gasteiger partial charge in [0.05, 0.1) is 4.90 Å². The minimum Gasteiger partial charge on any atom is -0.326 e. The molecule has 0 spiro atoms. The van der Waals surface area contributed by atoms with Gasteiger partial charge in [0.15, 0.2) is 0 Å². The molecule has 0 aliphatic carbocycles. The monoisotopic (exact) mass is 347 g/mol. The lowest BCUT2D eigenvalue weighted by molar-refractivity contribution is -0.114. The van der Waals surface area contributed by atoms with Gasteiger partial charge in [-0.2, -0.15) is 4.31 Å². The third-order valence-corrected chi connectivity index (χ3v) is 5.18. The minimum atomic E-state index is -3.49. The highest BCUT2D eigenvalue weighted by molar-refractivity contribution is 7.89. The van der Waals surface area contributed by atoms with Crippen LogP contribution in [0.2, 0.25) is 0 Å². The summed E-state index contributed by atoms with van der Waals surface area (Å²) in [5.74, 6) is -0.185. The van der Waals surface area contributed by atoms with Gasteiger partial charge in [0.1, 0.15) is 0 Å². The van der Waals surface area contributed by atoms with Crippen molar-refractivity contribution in [3.63, 3.8) is 0 Å². The number of sulfonamides is 1. The highest BCUT2D eigenvalue weighted by Gasteiger charge is 2.31. The summed E-state index contributed by atoms with van der Waals surface area (Å²) < 4.78 is 26.8. The van der Waals surface area contributed by atoms with Gasteiger partial charge >= 0.3 is 0 Å². The summed E-state index contributed by atoms with van der Waals surface area (Å²) >= 11 is 0. The quantitative estimate of drug-likeness (QED) is 0.867. The molecular weight excluding hydrogens is 326 g/mol. The van der Waals surface area contributed by atoms with Crippen LogP contribution in [0.4, 0.5) is 5.69 Å². The molecule has 0 radical (unpaired) electrons. The lowest BCUT2D eigenvalue weighted by atomic mass is 10.2. The topological polar surface area (TPSA) is 78.5 Å². The second-order valence-electron chi connectivity index (χ2n) is 5.50. The average Bonchev–Trinajstić information content (AvgIpc) is 2.37. The van der Waals surface area contributed by atoms with Gasteiger partial charge in [-0.1, -0.05) is 0 Å². The van der Waals surface area contributed by atoms with Crippen LogP contribution in [-0.4, -0.2) is 43.8 Å². The van der Waals surface area contributed by atoms with E-state index in [-0.39, 0.29) is 35.3 Å². The highest BCUT2D eigenvalue weighted by atomic mass is 35.5. The Morgan fingerprint density at radius 3 is 2.14 bits per heavy atom. The Hall–Kier alpha value is -1.15. The van der Waals surface area contributed by atoms with Crippen molar-refractivity contribution in [3.8, 4) is 0 Å². The number of piperazine rings is 1. The molecule has 1 aliphatic rings. The number of anilines is 1. The van der Waals surface area contributed by atoms with Crippen LogP contribution < -0.4 is 10.6 Å². The Labute approximate surface area is 137 Å². The normalized spacial score (nSPS) is 22.7. The fourth-order valence-corrected chi connectivity index (χ4v) is 4.15. The van der Waals surface area contributed by atoms with E-state index < -0.39 is 10.0 Å². The van der Waals surface area contributed by atoms with E-state index in [2.05, 4.69) is 10.6 Å². The molecule has 2 unspecified atom stereocenters. The van der Waals surface area contributed by atoms with Crippen LogP contribution in [0.5, 0.6) is 0 Å². The van der Waals surface area contributed by atoms with Crippen LogP contribution in [0.25, 0.3) is 0 Å². The van der Waals surface area contributed by atoms with Crippen molar-refractivity contribution >= 4 is 34.0 Å². The van der Waals surface area contributed by atoms with Crippen molar-refractivity contribution in [2.24, 2.45) is 0 Å². The summed E-state index contributed by atoms with van der Waals surface area (Å²) in [7, 11) is -3.49. The number of halogens is 1. The van der Waals surface area contributed by atoms with Gasteiger partial charge in [0, 0.05) is 37.8 Å². The van der Waals surface area contributed by atoms with Crippen molar-refractivity contribution in [2.75, 3.05) is 18.4 Å². The molecule has 1 fully saturated rings. The van der Waals surface area contributed by atoms with Crippen LogP contribution in [-0.2, 0) is 14.8 Å². The molecule has 1 saturated heterocycles. The standard InChI is InChI=1S/C14H21N3O3S.ClH/c1-10-8-17(9-11(2)15-10)21(19,20)14-6-4-13(5-7-14)16-12(3)18;/h4-7,10-11,15H,8-9H2,1-3H3,(H,16,18);1H. The molecule has 1 heterocycles. The van der Waals surface area contributed by atoms with Crippen LogP contribution >= 0.6 is 12.4 Å². The third kappa shape index (κ3) is 4.42. The van der Waals surface area contributed by atoms with Crippen molar-refractivity contribution in [3.05, 3.63) is 24.3 Å². The van der Waals surface area contributed by atoms with Gasteiger partial charge in [-0.05, 0) is 38.1 Å². The van der Waals surface area contributed by atoms with E-state index in [1.54, 1.807) is 12.1 Å². The van der Waals surface area contributed by atoms with Gasteiger partial charge in [-0.25, -0.2) is 8.42 Å². The lowest BCUT2D eigenvalue weighted by Gasteiger charge is -2.35. The number of carbonyl (C=O) groups excluding carboxylic acids is 1. The molecule has 1 aliphatic heterocycles. The number of amides is 1. The number of nitrogens with one attached hydrogen (secondary N) is 2. The maximum absolute atomic E-state index is 12.6. The van der Waals surface area contributed by atoms with Crippen LogP contribution in [0, 0.1) is 0 Å². The number of rotatable bonds is 3. The molecule has 2 N–H and O–H groups in total. The number of hydrogen-bond donors (Lipinski definition) is 2. The van der Waals surface area contributed by atoms with E-state index in [4.69, 9.17) is 0 Å². The van der Waals surface area contributed by atoms with Gasteiger partial charge in [-0.15, -0.1) is 12.4 Å². The summed E-state index contributed by atoms with van der Waals surface area (Å²) in [6.45, 7) is 6.27. The first kappa shape index (κ1) is 18.9. The van der Waals surface area contributed by atoms with Crippen LogP contribution in [0.15, 0.2) is 29.2 Å². The molecule has 6 nitrogen and oxygen atoms in total. The Bertz CT molecular complexity index is 609. The summed E-state index contributed by atoms with van der Waals surface area (Å²) in [5.41, 5.74) is 0.587. The molecule has 1 amide bonds. The van der Waals surface area contributed by atoms with E-state index in [1.807, 2.05) is 13.8 Å². The first-order valence-electron chi connectivity index (χ1n) is 6.93. The van der Waals surface area contributed by atoms with Crippen LogP contribution in [0.3, 0.4) is 0 Å². The summed E-state index contributed by atoms with van der Waals surface area (Å²) in [4.78, 5) is 11.2. The molecule has 22 heavy (non-hydrogen) atoms. The zero-order valence-electron chi connectivity index (χ0n) is 12.9. The number of hydrogen-bond acceptors (Lipinski definition) is 4. The van der Waals surface area contributed by atoms with Gasteiger partial charge in [-0.3, -0.25) is 4.79 Å². The smallest absolute Gasteiger partial charge is 0.243 e. The summed E-state index contributed by atoms with van der Waals surface area (Å²) in [6, 6.07) is 6.51. The maximum atomic E-state index is 12.6. The molecule has 1 aromatic carbocycles. The van der Waals surface area contributed by atoms with Crippen LogP contribution in [0.1, 0.15) is 20.8 Å². The fraction of sp³-hybridized carbons (Fsp3) is 0.500. The minimum absolute atomic E-state index is 0. The van der Waals surface area contributed by atoms with Crippen molar-refractivity contribution in [1.29, 1.82) is 0 Å². The molecule has 2 atom stereocenters. The van der Waals surface area contributed by atoms with E-state index in [0.717, 1.165) is 0 Å². The van der Waals surface area contributed by atoms with Gasteiger partial charge < -0.3 is 10.6 Å². The fourth-order valence-electron chi connectivity index (χ4n) is 2.54. The van der Waals surface area contributed by atoms with E-state index in [0.29, 0.717) is 18.8 Å². The zero-order valence-corrected chi connectivity index (χ0v) is 14.5. The zero-order chi connectivity index (χ0) is 15.6. The first-order valence-corrected chi connectivity index (χ1v) is 8.37. The molecule has 0 aromatic heterocycles. The molecular formula is C14H22ClN3O3S. The van der Waals surface area contributed by atoms with E-state index >= 15 is 0 Å². The summed E-state index contributed by atoms with van der Waals surface area (Å²) in [5, 5.41) is 5.93. The van der Waals surface area contributed by atoms with Gasteiger partial charge in [0.2, 0.25) is 15.9 Å². The molecule has 1 aromatic rings. The Morgan fingerprint density at radius 1 is 1.18 bits per heavy atom. The number of nitrogens with zero attached hydrogens (tertiary/aromatic N) is 1. The highest BCUT2D eigenvalue weighted by Crippen LogP contribution is 2.20. The van der Waals surface area contributed by atoms with Gasteiger partial charge in [0.25, 0.3) is 0 Å². The van der Waals surface area contributed by atoms with Crippen molar-refractivity contribution < 1.29 is 13.2 Å². The molecule has 124 valence electrons. The lowest BCUT2D eigenvalue weighted by Crippen LogP contribution is -2.55. The second-order valence-corrected chi connectivity index (χ2v) is 7.43. The van der Waals surface area contributed by atoms with E-state index in [9.17, 15) is 13.2 Å². The van der Waals surface area contributed by atoms with E-state index in [1.165, 1.54) is 23.4 Å². The predicted octanol–water partition coefficient (Wildman–Crippen LogP) is 1.44. The second kappa shape index (κ2) is 7.41. The predicted molar refractivity (Wildman–Crippen MR) is 88.8 cm³/mol. The molecule has 2 rings (SSSR count). The molecule has 0 saturated carbocycles. The molecule has 0 bridgehead atoms. The Morgan fingerprint density at radius 2 is 1.68 bits per heavy atom.